The summed E-state index contributed by atoms with van der Waals surface area (Å²) in [5, 5.41) is 2.90. The second kappa shape index (κ2) is 18.4. The maximum absolute atomic E-state index is 14.4. The number of rotatable bonds is 11. The number of pyridine rings is 1. The first-order chi connectivity index (χ1) is 30.6. The molecular formula is C49H51F3N4O8. The van der Waals surface area contributed by atoms with E-state index in [1.807, 2.05) is 80.6 Å². The molecule has 0 spiro atoms. The summed E-state index contributed by atoms with van der Waals surface area (Å²) in [5.74, 6) is -0.616. The summed E-state index contributed by atoms with van der Waals surface area (Å²) < 4.78 is 68.7. The zero-order valence-corrected chi connectivity index (χ0v) is 36.4. The molecule has 1 fully saturated rings. The van der Waals surface area contributed by atoms with Crippen LogP contribution in [0, 0.1) is 39.5 Å². The van der Waals surface area contributed by atoms with Crippen LogP contribution in [0.25, 0.3) is 11.1 Å². The Morgan fingerprint density at radius 3 is 2.31 bits per heavy atom. The van der Waals surface area contributed by atoms with Gasteiger partial charge in [-0.2, -0.15) is 13.2 Å². The maximum Gasteiger partial charge on any atom is 0.391 e. The number of nitrogens with one attached hydrogen (secondary N) is 1. The molecule has 3 aromatic carbocycles. The van der Waals surface area contributed by atoms with Gasteiger partial charge in [0.1, 0.15) is 30.2 Å². The number of amides is 2. The van der Waals surface area contributed by atoms with Crippen molar-refractivity contribution in [2.75, 3.05) is 20.3 Å². The van der Waals surface area contributed by atoms with Gasteiger partial charge in [0.15, 0.2) is 29.2 Å². The summed E-state index contributed by atoms with van der Waals surface area (Å²) in [5.41, 5.74) is 7.30. The van der Waals surface area contributed by atoms with Crippen LogP contribution in [-0.2, 0) is 33.7 Å². The van der Waals surface area contributed by atoms with Crippen LogP contribution in [0.4, 0.5) is 13.2 Å². The number of ether oxygens (including phenoxy) is 4. The molecule has 0 bridgehead atoms. The van der Waals surface area contributed by atoms with Gasteiger partial charge in [-0.1, -0.05) is 36.4 Å². The number of esters is 1. The summed E-state index contributed by atoms with van der Waals surface area (Å²) in [6.07, 6.45) is -1.34. The van der Waals surface area contributed by atoms with E-state index in [9.17, 15) is 27.6 Å². The molecule has 0 radical (unpaired) electrons. The van der Waals surface area contributed by atoms with E-state index in [1.54, 1.807) is 20.0 Å². The van der Waals surface area contributed by atoms with Gasteiger partial charge < -0.3 is 33.6 Å². The minimum Gasteiger partial charge on any atom is -0.493 e. The summed E-state index contributed by atoms with van der Waals surface area (Å²) in [7, 11) is 1.27. The summed E-state index contributed by atoms with van der Waals surface area (Å²) in [6.45, 7) is 7.86. The third kappa shape index (κ3) is 9.58. The number of alkyl halides is 3. The SMILES string of the molecule is COC(=O)[C@H](Cc1ccc(-c2ccnc(C)c2C)cc1)NC(=O)[C@@H]1Cc2cc3c(cc2CN1C(=O)c1nc(C)oc1C)O[C@@H](c1ccc(OCC2CCC(C(F)(F)F)CC2)cc1)CO3. The highest BCUT2D eigenvalue weighted by Gasteiger charge is 2.42. The lowest BCUT2D eigenvalue weighted by Crippen LogP contribution is -2.56. The number of hydrogen-bond acceptors (Lipinski definition) is 10. The van der Waals surface area contributed by atoms with Crippen LogP contribution in [0.5, 0.6) is 17.2 Å². The quantitative estimate of drug-likeness (QED) is 0.128. The molecule has 2 amide bonds. The van der Waals surface area contributed by atoms with Crippen molar-refractivity contribution >= 4 is 17.8 Å². The van der Waals surface area contributed by atoms with Crippen LogP contribution in [0.15, 0.2) is 77.3 Å². The van der Waals surface area contributed by atoms with E-state index in [0.717, 1.165) is 44.6 Å². The van der Waals surface area contributed by atoms with Gasteiger partial charge in [0, 0.05) is 38.2 Å². The van der Waals surface area contributed by atoms with Gasteiger partial charge in [-0.05, 0) is 122 Å². The molecule has 3 aliphatic rings. The molecule has 3 atom stereocenters. The van der Waals surface area contributed by atoms with Gasteiger partial charge in [0.05, 0.1) is 19.6 Å². The third-order valence-corrected chi connectivity index (χ3v) is 12.7. The average Bonchev–Trinajstić information content (AvgIpc) is 3.64. The van der Waals surface area contributed by atoms with Crippen molar-refractivity contribution < 1.29 is 50.9 Å². The first kappa shape index (κ1) is 44.2. The van der Waals surface area contributed by atoms with Crippen molar-refractivity contribution in [1.82, 2.24) is 20.2 Å². The fourth-order valence-corrected chi connectivity index (χ4v) is 8.89. The lowest BCUT2D eigenvalue weighted by atomic mass is 9.82. The molecular weight excluding hydrogens is 830 g/mol. The molecule has 2 aromatic heterocycles. The smallest absolute Gasteiger partial charge is 0.391 e. The second-order valence-electron chi connectivity index (χ2n) is 17.0. The molecule has 15 heteroatoms. The fourth-order valence-electron chi connectivity index (χ4n) is 8.89. The fraction of sp³-hybridized carbons (Fsp3) is 0.408. The molecule has 5 aromatic rings. The Kier molecular flexibility index (Phi) is 12.7. The van der Waals surface area contributed by atoms with Crippen LogP contribution in [-0.4, -0.2) is 71.2 Å². The Morgan fingerprint density at radius 2 is 1.64 bits per heavy atom. The highest BCUT2D eigenvalue weighted by atomic mass is 19.4. The normalized spacial score (nSPS) is 19.9. The number of fused-ring (bicyclic) bond motifs is 2. The number of benzene rings is 3. The van der Waals surface area contributed by atoms with E-state index in [4.69, 9.17) is 23.4 Å². The number of halogens is 3. The Morgan fingerprint density at radius 1 is 0.922 bits per heavy atom. The standard InChI is InChI=1S/C49H51F3N4O8/c1-27-28(2)53-19-18-39(27)33-10-6-31(7-11-33)20-40(48(59)60-5)55-46(57)41-21-35-22-42-43(23-36(35)24-56(41)47(58)45-29(3)63-30(4)54-45)64-44(26-62-42)34-12-16-38(17-13-34)61-25-32-8-14-37(15-9-32)49(50,51)52/h6-7,10-13,16-19,22-23,32,37,40-41,44H,8-9,14-15,20-21,24-26H2,1-5H3,(H,55,57)/t32?,37?,40-,41-,44+/m0/s1. The van der Waals surface area contributed by atoms with Crippen LogP contribution < -0.4 is 19.5 Å². The molecule has 8 rings (SSSR count). The van der Waals surface area contributed by atoms with Crippen LogP contribution in [0.3, 0.4) is 0 Å². The van der Waals surface area contributed by atoms with E-state index in [1.165, 1.54) is 12.0 Å². The number of hydrogen-bond donors (Lipinski definition) is 1. The van der Waals surface area contributed by atoms with Crippen molar-refractivity contribution in [2.24, 2.45) is 11.8 Å². The van der Waals surface area contributed by atoms with Gasteiger partial charge in [-0.15, -0.1) is 0 Å². The molecule has 12 nitrogen and oxygen atoms in total. The van der Waals surface area contributed by atoms with Gasteiger partial charge in [0.25, 0.3) is 5.91 Å². The van der Waals surface area contributed by atoms with Crippen LogP contribution >= 0.6 is 0 Å². The second-order valence-corrected chi connectivity index (χ2v) is 17.0. The molecule has 64 heavy (non-hydrogen) atoms. The molecule has 0 saturated heterocycles. The highest BCUT2D eigenvalue weighted by molar-refractivity contribution is 5.98. The topological polar surface area (TPSA) is 142 Å². The first-order valence-corrected chi connectivity index (χ1v) is 21.5. The molecule has 1 saturated carbocycles. The number of methoxy groups -OCH3 is 1. The molecule has 1 N–H and O–H groups in total. The van der Waals surface area contributed by atoms with E-state index in [-0.39, 0.29) is 50.4 Å². The van der Waals surface area contributed by atoms with Gasteiger partial charge >= 0.3 is 12.1 Å². The maximum atomic E-state index is 14.4. The van der Waals surface area contributed by atoms with Gasteiger partial charge in [-0.25, -0.2) is 9.78 Å². The summed E-state index contributed by atoms with van der Waals surface area (Å²) >= 11 is 0. The number of aryl methyl sites for hydroxylation is 3. The number of nitrogens with zero attached hydrogens (tertiary/aromatic N) is 3. The molecule has 1 aliphatic carbocycles. The minimum absolute atomic E-state index is 0.0288. The predicted octanol–water partition coefficient (Wildman–Crippen LogP) is 8.70. The van der Waals surface area contributed by atoms with Crippen LogP contribution in [0.1, 0.15) is 87.4 Å². The van der Waals surface area contributed by atoms with E-state index < -0.39 is 48.1 Å². The Bertz CT molecular complexity index is 2510. The number of aromatic nitrogens is 2. The summed E-state index contributed by atoms with van der Waals surface area (Å²) in [4.78, 5) is 52.0. The minimum atomic E-state index is -4.14. The molecule has 336 valence electrons. The zero-order valence-electron chi connectivity index (χ0n) is 36.4. The average molecular weight is 881 g/mol. The van der Waals surface area contributed by atoms with Gasteiger partial charge in [0.2, 0.25) is 5.91 Å². The monoisotopic (exact) mass is 880 g/mol. The highest BCUT2D eigenvalue weighted by Crippen LogP contribution is 2.42. The molecule has 0 unspecified atom stereocenters. The molecule has 4 heterocycles. The Hall–Kier alpha value is -6.38. The van der Waals surface area contributed by atoms with Crippen molar-refractivity contribution in [3.8, 4) is 28.4 Å². The Balaban J connectivity index is 0.971. The number of oxazole rings is 1. The van der Waals surface area contributed by atoms with Crippen LogP contribution in [0.2, 0.25) is 0 Å². The van der Waals surface area contributed by atoms with Crippen molar-refractivity contribution in [3.05, 3.63) is 124 Å². The zero-order chi connectivity index (χ0) is 45.3. The number of carbonyl (C=O) groups is 3. The van der Waals surface area contributed by atoms with E-state index in [2.05, 4.69) is 15.3 Å². The first-order valence-electron chi connectivity index (χ1n) is 21.5. The predicted molar refractivity (Wildman–Crippen MR) is 229 cm³/mol. The van der Waals surface area contributed by atoms with E-state index in [0.29, 0.717) is 48.3 Å². The van der Waals surface area contributed by atoms with Crippen molar-refractivity contribution in [3.63, 3.8) is 0 Å². The largest absolute Gasteiger partial charge is 0.493 e. The van der Waals surface area contributed by atoms with Crippen molar-refractivity contribution in [2.45, 2.75) is 97.1 Å². The Labute approximate surface area is 369 Å². The third-order valence-electron chi connectivity index (χ3n) is 12.7. The lowest BCUT2D eigenvalue weighted by molar-refractivity contribution is -0.184. The van der Waals surface area contributed by atoms with Gasteiger partial charge in [-0.3, -0.25) is 14.6 Å². The molecule has 2 aliphatic heterocycles. The number of carbonyl (C=O) groups excluding carboxylic acids is 3. The summed E-state index contributed by atoms with van der Waals surface area (Å²) in [6, 6.07) is 18.7. The van der Waals surface area contributed by atoms with Crippen molar-refractivity contribution in [1.29, 1.82) is 0 Å². The lowest BCUT2D eigenvalue weighted by Gasteiger charge is -2.37. The van der Waals surface area contributed by atoms with E-state index >= 15 is 0 Å².